The summed E-state index contributed by atoms with van der Waals surface area (Å²) in [5.74, 6) is 0.189. The molecule has 0 spiro atoms. The standard InChI is InChI=1S/C13H17BrO/c1-8-5-9(2)12(10(3)6-8)7-13(14)11(4)15/h5-6,13H,7H2,1-4H3. The first-order chi connectivity index (χ1) is 6.91. The Labute approximate surface area is 100 Å². The lowest BCUT2D eigenvalue weighted by Gasteiger charge is -2.13. The summed E-state index contributed by atoms with van der Waals surface area (Å²) in [7, 11) is 0. The number of hydrogen-bond donors (Lipinski definition) is 0. The maximum absolute atomic E-state index is 11.2. The molecule has 1 atom stereocenters. The van der Waals surface area contributed by atoms with E-state index in [1.807, 2.05) is 0 Å². The third kappa shape index (κ3) is 3.16. The van der Waals surface area contributed by atoms with Crippen molar-refractivity contribution < 1.29 is 4.79 Å². The average molecular weight is 269 g/mol. The van der Waals surface area contributed by atoms with Crippen LogP contribution in [0.1, 0.15) is 29.2 Å². The molecule has 0 radical (unpaired) electrons. The van der Waals surface area contributed by atoms with Crippen molar-refractivity contribution in [2.75, 3.05) is 0 Å². The molecule has 82 valence electrons. The molecule has 1 unspecified atom stereocenters. The maximum atomic E-state index is 11.2. The highest BCUT2D eigenvalue weighted by molar-refractivity contribution is 9.10. The quantitative estimate of drug-likeness (QED) is 0.767. The van der Waals surface area contributed by atoms with Gasteiger partial charge in [0.05, 0.1) is 4.83 Å². The molecule has 15 heavy (non-hydrogen) atoms. The van der Waals surface area contributed by atoms with E-state index in [2.05, 4.69) is 48.8 Å². The predicted octanol–water partition coefficient (Wildman–Crippen LogP) is 3.51. The molecule has 0 aromatic heterocycles. The Bertz CT molecular complexity index is 359. The van der Waals surface area contributed by atoms with Gasteiger partial charge in [-0.2, -0.15) is 0 Å². The average Bonchev–Trinajstić information content (AvgIpc) is 2.10. The van der Waals surface area contributed by atoms with Gasteiger partial charge >= 0.3 is 0 Å². The number of halogens is 1. The van der Waals surface area contributed by atoms with Gasteiger partial charge in [0.1, 0.15) is 5.78 Å². The van der Waals surface area contributed by atoms with Crippen LogP contribution in [-0.4, -0.2) is 10.6 Å². The van der Waals surface area contributed by atoms with Gasteiger partial charge in [-0.25, -0.2) is 0 Å². The van der Waals surface area contributed by atoms with E-state index in [9.17, 15) is 4.79 Å². The van der Waals surface area contributed by atoms with Crippen LogP contribution in [0.4, 0.5) is 0 Å². The van der Waals surface area contributed by atoms with Gasteiger partial charge < -0.3 is 0 Å². The molecule has 1 aromatic carbocycles. The zero-order chi connectivity index (χ0) is 11.6. The van der Waals surface area contributed by atoms with Gasteiger partial charge in [-0.1, -0.05) is 33.6 Å². The zero-order valence-corrected chi connectivity index (χ0v) is 11.3. The fraction of sp³-hybridized carbons (Fsp3) is 0.462. The SMILES string of the molecule is CC(=O)C(Br)Cc1c(C)cc(C)cc1C. The van der Waals surface area contributed by atoms with Gasteiger partial charge in [-0.05, 0) is 50.8 Å². The molecule has 0 aliphatic heterocycles. The lowest BCUT2D eigenvalue weighted by atomic mass is 9.95. The predicted molar refractivity (Wildman–Crippen MR) is 67.8 cm³/mol. The molecule has 0 aliphatic carbocycles. The van der Waals surface area contributed by atoms with E-state index < -0.39 is 0 Å². The van der Waals surface area contributed by atoms with Gasteiger partial charge in [0.15, 0.2) is 0 Å². The molecule has 0 aliphatic rings. The van der Waals surface area contributed by atoms with Crippen LogP contribution in [0.25, 0.3) is 0 Å². The van der Waals surface area contributed by atoms with Gasteiger partial charge in [-0.15, -0.1) is 0 Å². The van der Waals surface area contributed by atoms with Gasteiger partial charge in [0.2, 0.25) is 0 Å². The summed E-state index contributed by atoms with van der Waals surface area (Å²) in [5, 5.41) is 0. The smallest absolute Gasteiger partial charge is 0.143 e. The van der Waals surface area contributed by atoms with Crippen molar-refractivity contribution in [1.29, 1.82) is 0 Å². The monoisotopic (exact) mass is 268 g/mol. The summed E-state index contributed by atoms with van der Waals surface area (Å²) < 4.78 is 0. The summed E-state index contributed by atoms with van der Waals surface area (Å²) in [6, 6.07) is 4.34. The Hall–Kier alpha value is -0.630. The van der Waals surface area contributed by atoms with Crippen LogP contribution in [0.5, 0.6) is 0 Å². The van der Waals surface area contributed by atoms with Crippen LogP contribution in [0.15, 0.2) is 12.1 Å². The van der Waals surface area contributed by atoms with E-state index in [0.29, 0.717) is 0 Å². The highest BCUT2D eigenvalue weighted by Crippen LogP contribution is 2.20. The number of benzene rings is 1. The van der Waals surface area contributed by atoms with Crippen LogP contribution in [0.3, 0.4) is 0 Å². The van der Waals surface area contributed by atoms with E-state index in [-0.39, 0.29) is 10.6 Å². The summed E-state index contributed by atoms with van der Waals surface area (Å²) in [6.45, 7) is 7.93. The Morgan fingerprint density at radius 3 is 2.13 bits per heavy atom. The Morgan fingerprint density at radius 1 is 1.27 bits per heavy atom. The van der Waals surface area contributed by atoms with Crippen LogP contribution in [0, 0.1) is 20.8 Å². The molecule has 2 heteroatoms. The van der Waals surface area contributed by atoms with E-state index in [4.69, 9.17) is 0 Å². The van der Waals surface area contributed by atoms with Crippen molar-refractivity contribution in [3.63, 3.8) is 0 Å². The minimum atomic E-state index is -0.0578. The number of hydrogen-bond acceptors (Lipinski definition) is 1. The van der Waals surface area contributed by atoms with E-state index in [1.165, 1.54) is 22.3 Å². The number of rotatable bonds is 3. The first-order valence-electron chi connectivity index (χ1n) is 5.13. The molecule has 0 fully saturated rings. The minimum Gasteiger partial charge on any atom is -0.299 e. The number of carbonyl (C=O) groups excluding carboxylic acids is 1. The Kier molecular flexibility index (Phi) is 4.09. The molecular formula is C13H17BrO. The summed E-state index contributed by atoms with van der Waals surface area (Å²) >= 11 is 3.42. The van der Waals surface area contributed by atoms with Crippen LogP contribution < -0.4 is 0 Å². The van der Waals surface area contributed by atoms with Crippen molar-refractivity contribution in [1.82, 2.24) is 0 Å². The lowest BCUT2D eigenvalue weighted by Crippen LogP contribution is -2.14. The molecule has 0 N–H and O–H groups in total. The molecule has 1 nitrogen and oxygen atoms in total. The second-order valence-corrected chi connectivity index (χ2v) is 5.26. The molecular weight excluding hydrogens is 252 g/mol. The zero-order valence-electron chi connectivity index (χ0n) is 9.73. The normalized spacial score (nSPS) is 12.6. The third-order valence-electron chi connectivity index (χ3n) is 2.66. The number of alkyl halides is 1. The fourth-order valence-electron chi connectivity index (χ4n) is 1.85. The molecule has 1 rings (SSSR count). The van der Waals surface area contributed by atoms with Crippen LogP contribution in [0.2, 0.25) is 0 Å². The first kappa shape index (κ1) is 12.4. The van der Waals surface area contributed by atoms with Crippen molar-refractivity contribution in [3.8, 4) is 0 Å². The summed E-state index contributed by atoms with van der Waals surface area (Å²) in [6.07, 6.45) is 0.785. The molecule has 0 bridgehead atoms. The fourth-order valence-corrected chi connectivity index (χ4v) is 2.18. The molecule has 0 saturated carbocycles. The van der Waals surface area contributed by atoms with E-state index >= 15 is 0 Å². The molecule has 0 amide bonds. The molecule has 1 aromatic rings. The van der Waals surface area contributed by atoms with Crippen LogP contribution >= 0.6 is 15.9 Å². The Morgan fingerprint density at radius 2 is 1.73 bits per heavy atom. The number of ketones is 1. The number of aryl methyl sites for hydroxylation is 3. The van der Waals surface area contributed by atoms with Crippen molar-refractivity contribution in [2.45, 2.75) is 38.9 Å². The Balaban J connectivity index is 3.00. The van der Waals surface area contributed by atoms with Crippen molar-refractivity contribution in [2.24, 2.45) is 0 Å². The first-order valence-corrected chi connectivity index (χ1v) is 6.04. The highest BCUT2D eigenvalue weighted by atomic mass is 79.9. The van der Waals surface area contributed by atoms with E-state index in [1.54, 1.807) is 6.92 Å². The summed E-state index contributed by atoms with van der Waals surface area (Å²) in [4.78, 5) is 11.1. The highest BCUT2D eigenvalue weighted by Gasteiger charge is 2.13. The van der Waals surface area contributed by atoms with Gasteiger partial charge in [0, 0.05) is 0 Å². The van der Waals surface area contributed by atoms with Crippen molar-refractivity contribution >= 4 is 21.7 Å². The molecule has 0 heterocycles. The third-order valence-corrected chi connectivity index (χ3v) is 3.63. The second kappa shape index (κ2) is 4.93. The minimum absolute atomic E-state index is 0.0578. The largest absolute Gasteiger partial charge is 0.299 e. The van der Waals surface area contributed by atoms with Crippen molar-refractivity contribution in [3.05, 3.63) is 34.4 Å². The lowest BCUT2D eigenvalue weighted by molar-refractivity contribution is -0.116. The second-order valence-electron chi connectivity index (χ2n) is 4.16. The van der Waals surface area contributed by atoms with Gasteiger partial charge in [0.25, 0.3) is 0 Å². The van der Waals surface area contributed by atoms with Gasteiger partial charge in [-0.3, -0.25) is 4.79 Å². The molecule has 0 saturated heterocycles. The number of carbonyl (C=O) groups is 1. The maximum Gasteiger partial charge on any atom is 0.143 e. The number of Topliss-reactive ketones (excluding diaryl/α,β-unsaturated/α-hetero) is 1. The topological polar surface area (TPSA) is 17.1 Å². The van der Waals surface area contributed by atoms with E-state index in [0.717, 1.165) is 6.42 Å². The summed E-state index contributed by atoms with van der Waals surface area (Å²) in [5.41, 5.74) is 5.12. The van der Waals surface area contributed by atoms with Crippen LogP contribution in [-0.2, 0) is 11.2 Å².